The van der Waals surface area contributed by atoms with Gasteiger partial charge in [0.1, 0.15) is 22.6 Å². The minimum absolute atomic E-state index is 0.102. The molecule has 0 saturated carbocycles. The number of hydrogen-bond donors (Lipinski definition) is 0. The molecule has 0 spiro atoms. The van der Waals surface area contributed by atoms with Gasteiger partial charge in [0, 0.05) is 6.07 Å². The topological polar surface area (TPSA) is 82.5 Å². The van der Waals surface area contributed by atoms with Gasteiger partial charge in [0.2, 0.25) is 11.2 Å². The fraction of sp³-hybridized carbons (Fsp3) is 0.0870. The van der Waals surface area contributed by atoms with E-state index in [0.717, 1.165) is 15.8 Å². The lowest BCUT2D eigenvalue weighted by Crippen LogP contribution is -2.10. The lowest BCUT2D eigenvalue weighted by Gasteiger charge is -2.09. The van der Waals surface area contributed by atoms with E-state index < -0.39 is 5.97 Å². The van der Waals surface area contributed by atoms with Gasteiger partial charge in [0.25, 0.3) is 0 Å². The number of furan rings is 1. The lowest BCUT2D eigenvalue weighted by molar-refractivity contribution is 0.0700. The van der Waals surface area contributed by atoms with E-state index in [9.17, 15) is 9.59 Å². The molecule has 3 aromatic heterocycles. The minimum Gasteiger partial charge on any atom is -0.463 e. The molecule has 5 rings (SSSR count). The zero-order valence-electron chi connectivity index (χ0n) is 15.9. The van der Waals surface area contributed by atoms with Crippen molar-refractivity contribution in [2.24, 2.45) is 0 Å². The van der Waals surface area contributed by atoms with E-state index in [4.69, 9.17) is 13.6 Å². The van der Waals surface area contributed by atoms with Crippen molar-refractivity contribution in [3.8, 4) is 16.3 Å². The van der Waals surface area contributed by atoms with E-state index in [2.05, 4.69) is 4.98 Å². The molecule has 0 fully saturated rings. The lowest BCUT2D eigenvalue weighted by atomic mass is 10.1. The van der Waals surface area contributed by atoms with Crippen molar-refractivity contribution in [2.45, 2.75) is 13.3 Å². The molecule has 6 nitrogen and oxygen atoms in total. The average Bonchev–Trinajstić information content (AvgIpc) is 3.43. The van der Waals surface area contributed by atoms with Crippen LogP contribution >= 0.6 is 11.3 Å². The van der Waals surface area contributed by atoms with E-state index in [1.54, 1.807) is 18.2 Å². The number of fused-ring (bicyclic) bond motifs is 2. The first-order valence-electron chi connectivity index (χ1n) is 9.34. The van der Waals surface area contributed by atoms with Crippen LogP contribution in [0.2, 0.25) is 0 Å². The van der Waals surface area contributed by atoms with Crippen molar-refractivity contribution >= 4 is 38.5 Å². The number of carbonyl (C=O) groups is 1. The Balaban J connectivity index is 1.60. The van der Waals surface area contributed by atoms with Crippen LogP contribution in [0.5, 0.6) is 5.75 Å². The molecule has 148 valence electrons. The highest BCUT2D eigenvalue weighted by atomic mass is 32.1. The molecule has 5 aromatic rings. The quantitative estimate of drug-likeness (QED) is 0.286. The van der Waals surface area contributed by atoms with Gasteiger partial charge in [-0.1, -0.05) is 19.1 Å². The highest BCUT2D eigenvalue weighted by Gasteiger charge is 2.18. The van der Waals surface area contributed by atoms with Crippen molar-refractivity contribution in [3.63, 3.8) is 0 Å². The van der Waals surface area contributed by atoms with E-state index in [1.807, 2.05) is 31.2 Å². The van der Waals surface area contributed by atoms with Crippen LogP contribution in [-0.4, -0.2) is 11.0 Å². The van der Waals surface area contributed by atoms with Crippen LogP contribution in [0.25, 0.3) is 31.8 Å². The summed E-state index contributed by atoms with van der Waals surface area (Å²) in [6, 6.07) is 14.1. The van der Waals surface area contributed by atoms with E-state index in [0.29, 0.717) is 33.7 Å². The average molecular weight is 417 g/mol. The summed E-state index contributed by atoms with van der Waals surface area (Å²) in [6.07, 6.45) is 3.38. The largest absolute Gasteiger partial charge is 0.463 e. The standard InChI is InChI=1S/C23H15NO5S/c1-2-13-10-14-19(11-18(13)29-23(26)17-7-5-9-27-17)28-12-15(21(14)25)22-24-16-6-3-4-8-20(16)30-22/h3-12H,2H2,1H3. The molecule has 0 atom stereocenters. The van der Waals surface area contributed by atoms with Crippen molar-refractivity contribution in [3.05, 3.63) is 82.6 Å². The summed E-state index contributed by atoms with van der Waals surface area (Å²) >= 11 is 1.44. The molecule has 3 heterocycles. The summed E-state index contributed by atoms with van der Waals surface area (Å²) in [7, 11) is 0. The van der Waals surface area contributed by atoms with Crippen molar-refractivity contribution in [1.82, 2.24) is 4.98 Å². The number of aromatic nitrogens is 1. The smallest absolute Gasteiger partial charge is 0.379 e. The second kappa shape index (κ2) is 7.27. The zero-order chi connectivity index (χ0) is 20.7. The summed E-state index contributed by atoms with van der Waals surface area (Å²) in [6.45, 7) is 1.92. The van der Waals surface area contributed by atoms with Gasteiger partial charge in [-0.3, -0.25) is 4.79 Å². The van der Waals surface area contributed by atoms with Crippen LogP contribution in [0.1, 0.15) is 23.0 Å². The first-order chi connectivity index (χ1) is 14.6. The molecular weight excluding hydrogens is 402 g/mol. The number of aryl methyl sites for hydroxylation is 1. The first kappa shape index (κ1) is 18.3. The first-order valence-corrected chi connectivity index (χ1v) is 10.2. The molecule has 2 aromatic carbocycles. The molecule has 0 saturated heterocycles. The SMILES string of the molecule is CCc1cc2c(=O)c(-c3nc4ccccc4s3)coc2cc1OC(=O)c1ccco1. The van der Waals surface area contributed by atoms with Gasteiger partial charge in [-0.15, -0.1) is 11.3 Å². The Morgan fingerprint density at radius 3 is 2.77 bits per heavy atom. The third-order valence-corrected chi connectivity index (χ3v) is 5.86. The summed E-state index contributed by atoms with van der Waals surface area (Å²) < 4.78 is 17.3. The predicted molar refractivity (Wildman–Crippen MR) is 114 cm³/mol. The summed E-state index contributed by atoms with van der Waals surface area (Å²) in [4.78, 5) is 30.0. The number of esters is 1. The van der Waals surface area contributed by atoms with Crippen molar-refractivity contribution in [1.29, 1.82) is 0 Å². The number of hydrogen-bond acceptors (Lipinski definition) is 7. The van der Waals surface area contributed by atoms with Gasteiger partial charge < -0.3 is 13.6 Å². The van der Waals surface area contributed by atoms with E-state index in [1.165, 1.54) is 29.9 Å². The van der Waals surface area contributed by atoms with Crippen molar-refractivity contribution < 1.29 is 18.4 Å². The number of nitrogens with zero attached hydrogens (tertiary/aromatic N) is 1. The molecule has 0 N–H and O–H groups in total. The van der Waals surface area contributed by atoms with Gasteiger partial charge in [0.05, 0.1) is 27.4 Å². The van der Waals surface area contributed by atoms with Crippen LogP contribution in [0.3, 0.4) is 0 Å². The Morgan fingerprint density at radius 2 is 2.00 bits per heavy atom. The third kappa shape index (κ3) is 3.09. The van der Waals surface area contributed by atoms with Crippen LogP contribution in [0.4, 0.5) is 0 Å². The molecule has 0 aliphatic heterocycles. The molecule has 30 heavy (non-hydrogen) atoms. The Kier molecular flexibility index (Phi) is 4.44. The molecule has 0 amide bonds. The zero-order valence-corrected chi connectivity index (χ0v) is 16.7. The molecule has 7 heteroatoms. The van der Waals surface area contributed by atoms with Gasteiger partial charge in [0.15, 0.2) is 0 Å². The molecule has 0 unspecified atom stereocenters. The van der Waals surface area contributed by atoms with Gasteiger partial charge >= 0.3 is 5.97 Å². The normalized spacial score (nSPS) is 11.2. The highest BCUT2D eigenvalue weighted by molar-refractivity contribution is 7.21. The highest BCUT2D eigenvalue weighted by Crippen LogP contribution is 2.31. The summed E-state index contributed by atoms with van der Waals surface area (Å²) in [5.74, 6) is -0.172. The summed E-state index contributed by atoms with van der Waals surface area (Å²) in [5.41, 5.74) is 2.13. The second-order valence-electron chi connectivity index (χ2n) is 6.64. The Hall–Kier alpha value is -3.71. The van der Waals surface area contributed by atoms with Gasteiger partial charge in [-0.05, 0) is 42.3 Å². The second-order valence-corrected chi connectivity index (χ2v) is 7.67. The van der Waals surface area contributed by atoms with Gasteiger partial charge in [-0.25, -0.2) is 9.78 Å². The molecule has 0 aliphatic carbocycles. The van der Waals surface area contributed by atoms with Crippen LogP contribution < -0.4 is 10.2 Å². The Bertz CT molecular complexity index is 1410. The molecular formula is C23H15NO5S. The van der Waals surface area contributed by atoms with Crippen molar-refractivity contribution in [2.75, 3.05) is 0 Å². The maximum absolute atomic E-state index is 13.2. The van der Waals surface area contributed by atoms with Crippen LogP contribution in [0, 0.1) is 0 Å². The molecule has 0 bridgehead atoms. The van der Waals surface area contributed by atoms with Crippen LogP contribution in [0.15, 0.2) is 74.7 Å². The Labute approximate surface area is 174 Å². The monoisotopic (exact) mass is 417 g/mol. The number of carbonyl (C=O) groups excluding carboxylic acids is 1. The molecule has 0 aliphatic rings. The number of thiazole rings is 1. The third-order valence-electron chi connectivity index (χ3n) is 4.79. The maximum Gasteiger partial charge on any atom is 0.379 e. The minimum atomic E-state index is -0.609. The number of ether oxygens (including phenoxy) is 1. The number of para-hydroxylation sites is 1. The fourth-order valence-corrected chi connectivity index (χ4v) is 4.22. The Morgan fingerprint density at radius 1 is 1.13 bits per heavy atom. The number of rotatable bonds is 4. The summed E-state index contributed by atoms with van der Waals surface area (Å²) in [5, 5.41) is 1.03. The number of benzene rings is 2. The van der Waals surface area contributed by atoms with E-state index >= 15 is 0 Å². The maximum atomic E-state index is 13.2. The van der Waals surface area contributed by atoms with Crippen LogP contribution in [-0.2, 0) is 6.42 Å². The predicted octanol–water partition coefficient (Wildman–Crippen LogP) is 5.44. The van der Waals surface area contributed by atoms with Gasteiger partial charge in [-0.2, -0.15) is 0 Å². The fourth-order valence-electron chi connectivity index (χ4n) is 3.25. The van der Waals surface area contributed by atoms with E-state index in [-0.39, 0.29) is 11.2 Å². The molecule has 0 radical (unpaired) electrons.